The Morgan fingerprint density at radius 2 is 2.15 bits per heavy atom. The zero-order chi connectivity index (χ0) is 13.9. The summed E-state index contributed by atoms with van der Waals surface area (Å²) in [6.45, 7) is 0. The van der Waals surface area contributed by atoms with Crippen molar-refractivity contribution in [3.63, 3.8) is 0 Å². The van der Waals surface area contributed by atoms with Gasteiger partial charge in [-0.2, -0.15) is 5.10 Å². The molecule has 1 N–H and O–H groups in total. The average molecular weight is 267 g/mol. The van der Waals surface area contributed by atoms with Gasteiger partial charge in [0.25, 0.3) is 0 Å². The van der Waals surface area contributed by atoms with Crippen LogP contribution in [0.1, 0.15) is 16.1 Å². The van der Waals surface area contributed by atoms with E-state index in [2.05, 4.69) is 10.5 Å². The first kappa shape index (κ1) is 12.2. The molecular formula is C15H13N3O2. The van der Waals surface area contributed by atoms with Crippen LogP contribution in [0.25, 0.3) is 10.9 Å². The summed E-state index contributed by atoms with van der Waals surface area (Å²) in [4.78, 5) is 11.6. The summed E-state index contributed by atoms with van der Waals surface area (Å²) >= 11 is 0. The number of rotatable bonds is 3. The van der Waals surface area contributed by atoms with E-state index in [4.69, 9.17) is 4.42 Å². The Morgan fingerprint density at radius 1 is 1.30 bits per heavy atom. The molecule has 2 aromatic heterocycles. The SMILES string of the molecule is Cn1cc(C=NNC(=O)c2ccco2)c2ccccc21. The molecule has 5 nitrogen and oxygen atoms in total. The number of nitrogens with zero attached hydrogens (tertiary/aromatic N) is 2. The molecule has 0 saturated carbocycles. The maximum absolute atomic E-state index is 11.6. The number of carbonyl (C=O) groups excluding carboxylic acids is 1. The van der Waals surface area contributed by atoms with Crippen LogP contribution in [0.15, 0.2) is 58.4 Å². The minimum atomic E-state index is -0.369. The molecule has 0 aliphatic carbocycles. The lowest BCUT2D eigenvalue weighted by Gasteiger charge is -1.94. The van der Waals surface area contributed by atoms with E-state index in [1.807, 2.05) is 42.1 Å². The summed E-state index contributed by atoms with van der Waals surface area (Å²) in [5.41, 5.74) is 4.50. The molecule has 2 heterocycles. The largest absolute Gasteiger partial charge is 0.459 e. The van der Waals surface area contributed by atoms with E-state index in [1.54, 1.807) is 18.3 Å². The molecule has 0 saturated heterocycles. The standard InChI is InChI=1S/C15H13N3O2/c1-18-10-11(12-5-2-3-6-13(12)18)9-16-17-15(19)14-7-4-8-20-14/h2-10H,1H3,(H,17,19). The number of benzene rings is 1. The molecule has 0 aliphatic rings. The van der Waals surface area contributed by atoms with E-state index < -0.39 is 0 Å². The molecule has 0 radical (unpaired) electrons. The second kappa shape index (κ2) is 5.05. The highest BCUT2D eigenvalue weighted by atomic mass is 16.3. The van der Waals surface area contributed by atoms with Crippen molar-refractivity contribution in [3.8, 4) is 0 Å². The summed E-state index contributed by atoms with van der Waals surface area (Å²) in [5, 5.41) is 5.05. The maximum Gasteiger partial charge on any atom is 0.307 e. The van der Waals surface area contributed by atoms with Crippen molar-refractivity contribution >= 4 is 23.0 Å². The predicted octanol–water partition coefficient (Wildman–Crippen LogP) is 2.54. The van der Waals surface area contributed by atoms with Crippen molar-refractivity contribution in [1.82, 2.24) is 9.99 Å². The van der Waals surface area contributed by atoms with Gasteiger partial charge in [0.05, 0.1) is 12.5 Å². The second-order valence-corrected chi connectivity index (χ2v) is 4.39. The molecule has 5 heteroatoms. The predicted molar refractivity (Wildman–Crippen MR) is 76.7 cm³/mol. The normalized spacial score (nSPS) is 11.2. The molecule has 20 heavy (non-hydrogen) atoms. The van der Waals surface area contributed by atoms with Crippen LogP contribution < -0.4 is 5.43 Å². The van der Waals surface area contributed by atoms with Gasteiger partial charge in [-0.1, -0.05) is 18.2 Å². The van der Waals surface area contributed by atoms with Crippen molar-refractivity contribution in [3.05, 3.63) is 60.2 Å². The van der Waals surface area contributed by atoms with Crippen LogP contribution in [0.4, 0.5) is 0 Å². The third-order valence-electron chi connectivity index (χ3n) is 3.04. The third-order valence-corrected chi connectivity index (χ3v) is 3.04. The van der Waals surface area contributed by atoms with E-state index in [0.717, 1.165) is 16.5 Å². The number of furan rings is 1. The van der Waals surface area contributed by atoms with Crippen LogP contribution in [0.2, 0.25) is 0 Å². The maximum atomic E-state index is 11.6. The highest BCUT2D eigenvalue weighted by Gasteiger charge is 2.07. The summed E-state index contributed by atoms with van der Waals surface area (Å²) < 4.78 is 7.00. The topological polar surface area (TPSA) is 59.5 Å². The monoisotopic (exact) mass is 267 g/mol. The van der Waals surface area contributed by atoms with Gasteiger partial charge in [0, 0.05) is 29.7 Å². The van der Waals surface area contributed by atoms with E-state index in [9.17, 15) is 4.79 Å². The number of aryl methyl sites for hydroxylation is 1. The molecule has 3 aromatic rings. The van der Waals surface area contributed by atoms with Gasteiger partial charge in [0.2, 0.25) is 0 Å². The first-order valence-corrected chi connectivity index (χ1v) is 6.16. The summed E-state index contributed by atoms with van der Waals surface area (Å²) in [7, 11) is 1.97. The van der Waals surface area contributed by atoms with Gasteiger partial charge in [-0.15, -0.1) is 0 Å². The second-order valence-electron chi connectivity index (χ2n) is 4.39. The highest BCUT2D eigenvalue weighted by molar-refractivity contribution is 6.00. The summed E-state index contributed by atoms with van der Waals surface area (Å²) in [6, 6.07) is 11.3. The number of para-hydroxylation sites is 1. The molecule has 3 rings (SSSR count). The van der Waals surface area contributed by atoms with Gasteiger partial charge in [0.1, 0.15) is 0 Å². The van der Waals surface area contributed by atoms with Crippen LogP contribution in [0, 0.1) is 0 Å². The first-order valence-electron chi connectivity index (χ1n) is 6.16. The minimum absolute atomic E-state index is 0.236. The number of hydrogen-bond donors (Lipinski definition) is 1. The van der Waals surface area contributed by atoms with E-state index >= 15 is 0 Å². The van der Waals surface area contributed by atoms with Crippen molar-refractivity contribution < 1.29 is 9.21 Å². The van der Waals surface area contributed by atoms with Gasteiger partial charge in [-0.3, -0.25) is 4.79 Å². The summed E-state index contributed by atoms with van der Waals surface area (Å²) in [5.74, 6) is -0.133. The molecule has 1 amide bonds. The molecule has 0 bridgehead atoms. The van der Waals surface area contributed by atoms with Crippen molar-refractivity contribution in [2.75, 3.05) is 0 Å². The minimum Gasteiger partial charge on any atom is -0.459 e. The fourth-order valence-electron chi connectivity index (χ4n) is 2.10. The van der Waals surface area contributed by atoms with Crippen LogP contribution in [-0.2, 0) is 7.05 Å². The van der Waals surface area contributed by atoms with Crippen LogP contribution in [0.5, 0.6) is 0 Å². The van der Waals surface area contributed by atoms with Crippen LogP contribution >= 0.6 is 0 Å². The average Bonchev–Trinajstić information content (AvgIpc) is 3.09. The summed E-state index contributed by atoms with van der Waals surface area (Å²) in [6.07, 6.45) is 5.04. The van der Waals surface area contributed by atoms with Crippen molar-refractivity contribution in [1.29, 1.82) is 0 Å². The van der Waals surface area contributed by atoms with E-state index in [0.29, 0.717) is 0 Å². The number of hydrogen-bond acceptors (Lipinski definition) is 3. The number of fused-ring (bicyclic) bond motifs is 1. The number of nitrogens with one attached hydrogen (secondary N) is 1. The Bertz CT molecular complexity index is 770. The van der Waals surface area contributed by atoms with Gasteiger partial charge in [-0.05, 0) is 18.2 Å². The quantitative estimate of drug-likeness (QED) is 0.585. The lowest BCUT2D eigenvalue weighted by molar-refractivity contribution is 0.0927. The molecule has 0 fully saturated rings. The Labute approximate surface area is 115 Å². The lowest BCUT2D eigenvalue weighted by atomic mass is 10.2. The zero-order valence-electron chi connectivity index (χ0n) is 10.9. The Morgan fingerprint density at radius 3 is 2.95 bits per heavy atom. The molecular weight excluding hydrogens is 254 g/mol. The van der Waals surface area contributed by atoms with Gasteiger partial charge in [0.15, 0.2) is 5.76 Å². The number of carbonyl (C=O) groups is 1. The third kappa shape index (κ3) is 2.21. The van der Waals surface area contributed by atoms with Crippen LogP contribution in [-0.4, -0.2) is 16.7 Å². The molecule has 100 valence electrons. The van der Waals surface area contributed by atoms with Crippen LogP contribution in [0.3, 0.4) is 0 Å². The van der Waals surface area contributed by atoms with Gasteiger partial charge < -0.3 is 8.98 Å². The lowest BCUT2D eigenvalue weighted by Crippen LogP contribution is -2.16. The Balaban J connectivity index is 1.80. The Kier molecular flexibility index (Phi) is 3.09. The van der Waals surface area contributed by atoms with Crippen molar-refractivity contribution in [2.24, 2.45) is 12.1 Å². The van der Waals surface area contributed by atoms with Gasteiger partial charge >= 0.3 is 5.91 Å². The first-order chi connectivity index (χ1) is 9.75. The fourth-order valence-corrected chi connectivity index (χ4v) is 2.10. The smallest absolute Gasteiger partial charge is 0.307 e. The van der Waals surface area contributed by atoms with Gasteiger partial charge in [-0.25, -0.2) is 5.43 Å². The molecule has 1 aromatic carbocycles. The van der Waals surface area contributed by atoms with E-state index in [1.165, 1.54) is 6.26 Å². The molecule has 0 aliphatic heterocycles. The number of hydrazone groups is 1. The van der Waals surface area contributed by atoms with Crippen molar-refractivity contribution in [2.45, 2.75) is 0 Å². The highest BCUT2D eigenvalue weighted by Crippen LogP contribution is 2.18. The molecule has 0 atom stereocenters. The van der Waals surface area contributed by atoms with E-state index in [-0.39, 0.29) is 11.7 Å². The molecule has 0 unspecified atom stereocenters. The number of aromatic nitrogens is 1. The zero-order valence-corrected chi connectivity index (χ0v) is 10.9. The number of amides is 1. The fraction of sp³-hybridized carbons (Fsp3) is 0.0667. The Hall–Kier alpha value is -2.82. The molecule has 0 spiro atoms.